The van der Waals surface area contributed by atoms with Gasteiger partial charge in [-0.05, 0) is 35.9 Å². The Morgan fingerprint density at radius 2 is 2.22 bits per heavy atom. The highest BCUT2D eigenvalue weighted by Gasteiger charge is 2.05. The maximum Gasteiger partial charge on any atom is 0.168 e. The predicted molar refractivity (Wildman–Crippen MR) is 72.2 cm³/mol. The van der Waals surface area contributed by atoms with Crippen LogP contribution in [0, 0.1) is 5.82 Å². The van der Waals surface area contributed by atoms with Gasteiger partial charge in [-0.15, -0.1) is 0 Å². The number of ether oxygens (including phenoxy) is 1. The first-order chi connectivity index (χ1) is 8.70. The van der Waals surface area contributed by atoms with Gasteiger partial charge in [0.1, 0.15) is 5.82 Å². The fourth-order valence-corrected chi connectivity index (χ4v) is 1.93. The van der Waals surface area contributed by atoms with E-state index in [1.807, 2.05) is 6.07 Å². The zero-order valence-corrected chi connectivity index (χ0v) is 11.4. The average molecular weight is 311 g/mol. The minimum Gasteiger partial charge on any atom is -0.493 e. The molecule has 5 heteroatoms. The van der Waals surface area contributed by atoms with Crippen LogP contribution in [-0.4, -0.2) is 12.1 Å². The minimum absolute atomic E-state index is 0.261. The van der Waals surface area contributed by atoms with Crippen molar-refractivity contribution in [1.82, 2.24) is 4.98 Å². The van der Waals surface area contributed by atoms with E-state index >= 15 is 0 Å². The number of rotatable bonds is 4. The number of pyridine rings is 1. The van der Waals surface area contributed by atoms with Crippen LogP contribution >= 0.6 is 15.9 Å². The largest absolute Gasteiger partial charge is 0.493 e. The molecule has 0 fully saturated rings. The SMILES string of the molecule is COc1cccnc1NCc1cc(F)ccc1Br. The van der Waals surface area contributed by atoms with Gasteiger partial charge < -0.3 is 10.1 Å². The summed E-state index contributed by atoms with van der Waals surface area (Å²) in [6, 6.07) is 8.18. The second-order valence-electron chi connectivity index (χ2n) is 3.64. The number of hydrogen-bond donors (Lipinski definition) is 1. The van der Waals surface area contributed by atoms with Crippen LogP contribution in [0.1, 0.15) is 5.56 Å². The first kappa shape index (κ1) is 12.8. The second-order valence-corrected chi connectivity index (χ2v) is 4.50. The number of benzene rings is 1. The van der Waals surface area contributed by atoms with Crippen molar-refractivity contribution in [2.75, 3.05) is 12.4 Å². The molecule has 1 heterocycles. The summed E-state index contributed by atoms with van der Waals surface area (Å²) < 4.78 is 19.2. The average Bonchev–Trinajstić information content (AvgIpc) is 2.40. The molecular weight excluding hydrogens is 299 g/mol. The van der Waals surface area contributed by atoms with Gasteiger partial charge >= 0.3 is 0 Å². The molecule has 3 nitrogen and oxygen atoms in total. The van der Waals surface area contributed by atoms with Crippen LogP contribution < -0.4 is 10.1 Å². The molecule has 0 saturated carbocycles. The number of aromatic nitrogens is 1. The smallest absolute Gasteiger partial charge is 0.168 e. The van der Waals surface area contributed by atoms with Crippen LogP contribution in [0.25, 0.3) is 0 Å². The molecule has 0 amide bonds. The Bertz CT molecular complexity index is 548. The van der Waals surface area contributed by atoms with Gasteiger partial charge in [0.05, 0.1) is 7.11 Å². The summed E-state index contributed by atoms with van der Waals surface area (Å²) in [4.78, 5) is 4.17. The van der Waals surface area contributed by atoms with Gasteiger partial charge in [0.25, 0.3) is 0 Å². The van der Waals surface area contributed by atoms with Gasteiger partial charge in [-0.1, -0.05) is 15.9 Å². The Morgan fingerprint density at radius 3 is 3.00 bits per heavy atom. The van der Waals surface area contributed by atoms with E-state index in [0.717, 1.165) is 10.0 Å². The van der Waals surface area contributed by atoms with Crippen molar-refractivity contribution in [3.8, 4) is 5.75 Å². The molecular formula is C13H12BrFN2O. The standard InChI is InChI=1S/C13H12BrFN2O/c1-18-12-3-2-6-16-13(12)17-8-9-7-10(15)4-5-11(9)14/h2-7H,8H2,1H3,(H,16,17). The van der Waals surface area contributed by atoms with Crippen molar-refractivity contribution < 1.29 is 9.13 Å². The Morgan fingerprint density at radius 1 is 1.39 bits per heavy atom. The zero-order chi connectivity index (χ0) is 13.0. The third kappa shape index (κ3) is 2.98. The van der Waals surface area contributed by atoms with Crippen LogP contribution in [-0.2, 0) is 6.54 Å². The first-order valence-electron chi connectivity index (χ1n) is 5.37. The fourth-order valence-electron chi connectivity index (χ4n) is 1.55. The van der Waals surface area contributed by atoms with Gasteiger partial charge in [-0.3, -0.25) is 0 Å². The molecule has 1 N–H and O–H groups in total. The van der Waals surface area contributed by atoms with E-state index in [1.165, 1.54) is 12.1 Å². The lowest BCUT2D eigenvalue weighted by Crippen LogP contribution is -2.04. The highest BCUT2D eigenvalue weighted by atomic mass is 79.9. The molecule has 2 aromatic rings. The molecule has 0 unspecified atom stereocenters. The first-order valence-corrected chi connectivity index (χ1v) is 6.17. The lowest BCUT2D eigenvalue weighted by atomic mass is 10.2. The van der Waals surface area contributed by atoms with Crippen LogP contribution in [0.4, 0.5) is 10.2 Å². The normalized spacial score (nSPS) is 10.2. The number of hydrogen-bond acceptors (Lipinski definition) is 3. The van der Waals surface area contributed by atoms with Crippen molar-refractivity contribution in [3.63, 3.8) is 0 Å². The summed E-state index contributed by atoms with van der Waals surface area (Å²) in [7, 11) is 1.58. The van der Waals surface area contributed by atoms with Crippen LogP contribution in [0.2, 0.25) is 0 Å². The second kappa shape index (κ2) is 5.82. The molecule has 0 spiro atoms. The van der Waals surface area contributed by atoms with Gasteiger partial charge in [0.2, 0.25) is 0 Å². The molecule has 0 saturated heterocycles. The number of nitrogens with one attached hydrogen (secondary N) is 1. The molecule has 18 heavy (non-hydrogen) atoms. The van der Waals surface area contributed by atoms with Crippen molar-refractivity contribution in [2.45, 2.75) is 6.54 Å². The number of anilines is 1. The maximum absolute atomic E-state index is 13.1. The van der Waals surface area contributed by atoms with E-state index in [9.17, 15) is 4.39 Å². The van der Waals surface area contributed by atoms with E-state index < -0.39 is 0 Å². The van der Waals surface area contributed by atoms with Gasteiger partial charge in [0.15, 0.2) is 11.6 Å². The Kier molecular flexibility index (Phi) is 4.15. The molecule has 0 aliphatic carbocycles. The van der Waals surface area contributed by atoms with Crippen molar-refractivity contribution in [2.24, 2.45) is 0 Å². The maximum atomic E-state index is 13.1. The third-order valence-corrected chi connectivity index (χ3v) is 3.22. The topological polar surface area (TPSA) is 34.1 Å². The quantitative estimate of drug-likeness (QED) is 0.937. The van der Waals surface area contributed by atoms with E-state index in [1.54, 1.807) is 25.4 Å². The highest BCUT2D eigenvalue weighted by molar-refractivity contribution is 9.10. The minimum atomic E-state index is -0.261. The van der Waals surface area contributed by atoms with Crippen molar-refractivity contribution in [3.05, 3.63) is 52.4 Å². The lowest BCUT2D eigenvalue weighted by molar-refractivity contribution is 0.415. The molecule has 0 bridgehead atoms. The summed E-state index contributed by atoms with van der Waals surface area (Å²) >= 11 is 3.38. The Hall–Kier alpha value is -1.62. The summed E-state index contributed by atoms with van der Waals surface area (Å²) in [5.74, 6) is 1.03. The number of nitrogens with zero attached hydrogens (tertiary/aromatic N) is 1. The molecule has 0 radical (unpaired) electrons. The molecule has 0 aliphatic heterocycles. The monoisotopic (exact) mass is 310 g/mol. The Labute approximate surface area is 113 Å². The summed E-state index contributed by atoms with van der Waals surface area (Å²) in [5.41, 5.74) is 0.822. The third-order valence-electron chi connectivity index (χ3n) is 2.44. The van der Waals surface area contributed by atoms with E-state index in [4.69, 9.17) is 4.74 Å². The lowest BCUT2D eigenvalue weighted by Gasteiger charge is -2.10. The predicted octanol–water partition coefficient (Wildman–Crippen LogP) is 3.60. The van der Waals surface area contributed by atoms with Gasteiger partial charge in [0, 0.05) is 17.2 Å². The van der Waals surface area contributed by atoms with Crippen LogP contribution in [0.5, 0.6) is 5.75 Å². The molecule has 1 aromatic carbocycles. The Balaban J connectivity index is 2.14. The van der Waals surface area contributed by atoms with E-state index in [-0.39, 0.29) is 5.82 Å². The van der Waals surface area contributed by atoms with Gasteiger partial charge in [-0.25, -0.2) is 9.37 Å². The van der Waals surface area contributed by atoms with E-state index in [2.05, 4.69) is 26.2 Å². The highest BCUT2D eigenvalue weighted by Crippen LogP contribution is 2.23. The summed E-state index contributed by atoms with van der Waals surface area (Å²) in [6.45, 7) is 0.464. The number of halogens is 2. The van der Waals surface area contributed by atoms with Gasteiger partial charge in [-0.2, -0.15) is 0 Å². The van der Waals surface area contributed by atoms with Crippen LogP contribution in [0.3, 0.4) is 0 Å². The molecule has 1 aromatic heterocycles. The van der Waals surface area contributed by atoms with E-state index in [0.29, 0.717) is 18.1 Å². The molecule has 94 valence electrons. The van der Waals surface area contributed by atoms with Crippen molar-refractivity contribution >= 4 is 21.7 Å². The summed E-state index contributed by atoms with van der Waals surface area (Å²) in [6.07, 6.45) is 1.67. The fraction of sp³-hybridized carbons (Fsp3) is 0.154. The van der Waals surface area contributed by atoms with Crippen LogP contribution in [0.15, 0.2) is 41.0 Å². The molecule has 0 aliphatic rings. The number of methoxy groups -OCH3 is 1. The molecule has 0 atom stereocenters. The van der Waals surface area contributed by atoms with Crippen molar-refractivity contribution in [1.29, 1.82) is 0 Å². The summed E-state index contributed by atoms with van der Waals surface area (Å²) in [5, 5.41) is 3.12. The molecule has 2 rings (SSSR count). The zero-order valence-electron chi connectivity index (χ0n) is 9.78.